The molecule has 4 nitrogen and oxygen atoms in total. The number of piperidine rings is 1. The molecule has 1 N–H and O–H groups in total. The number of likely N-dealkylation sites (tertiary alicyclic amines) is 1. The van der Waals surface area contributed by atoms with Gasteiger partial charge in [-0.3, -0.25) is 4.79 Å². The van der Waals surface area contributed by atoms with Gasteiger partial charge < -0.3 is 14.9 Å². The second-order valence-electron chi connectivity index (χ2n) is 5.73. The minimum absolute atomic E-state index is 0.0690. The summed E-state index contributed by atoms with van der Waals surface area (Å²) in [6, 6.07) is 0. The first-order chi connectivity index (χ1) is 7.33. The maximum atomic E-state index is 11.2. The van der Waals surface area contributed by atoms with Crippen molar-refractivity contribution in [2.45, 2.75) is 20.3 Å². The summed E-state index contributed by atoms with van der Waals surface area (Å²) in [6.45, 7) is 7.80. The van der Waals surface area contributed by atoms with E-state index in [1.54, 1.807) is 0 Å². The summed E-state index contributed by atoms with van der Waals surface area (Å²) in [5, 5.41) is 9.23. The smallest absolute Gasteiger partial charge is 0.308 e. The molecule has 1 atom stereocenters. The van der Waals surface area contributed by atoms with Crippen LogP contribution in [0.25, 0.3) is 0 Å². The van der Waals surface area contributed by atoms with Crippen LogP contribution in [0.1, 0.15) is 20.3 Å². The van der Waals surface area contributed by atoms with E-state index in [2.05, 4.69) is 23.6 Å². The van der Waals surface area contributed by atoms with Gasteiger partial charge in [0.15, 0.2) is 0 Å². The van der Waals surface area contributed by atoms with Crippen LogP contribution in [0.15, 0.2) is 0 Å². The molecule has 0 aliphatic carbocycles. The molecule has 1 aliphatic heterocycles. The number of carboxylic acids is 1. The maximum Gasteiger partial charge on any atom is 0.308 e. The van der Waals surface area contributed by atoms with Crippen molar-refractivity contribution in [2.75, 3.05) is 40.3 Å². The topological polar surface area (TPSA) is 43.8 Å². The van der Waals surface area contributed by atoms with E-state index >= 15 is 0 Å². The summed E-state index contributed by atoms with van der Waals surface area (Å²) in [4.78, 5) is 15.6. The molecule has 1 unspecified atom stereocenters. The van der Waals surface area contributed by atoms with E-state index in [0.29, 0.717) is 6.54 Å². The summed E-state index contributed by atoms with van der Waals surface area (Å²) in [7, 11) is 4.09. The highest BCUT2D eigenvalue weighted by Gasteiger charge is 2.39. The molecule has 0 aromatic carbocycles. The van der Waals surface area contributed by atoms with Crippen LogP contribution in [0.2, 0.25) is 0 Å². The number of carbonyl (C=O) groups is 1. The van der Waals surface area contributed by atoms with Gasteiger partial charge in [0.2, 0.25) is 0 Å². The second kappa shape index (κ2) is 5.15. The van der Waals surface area contributed by atoms with Crippen LogP contribution < -0.4 is 0 Å². The van der Waals surface area contributed by atoms with E-state index in [4.69, 9.17) is 0 Å². The second-order valence-corrected chi connectivity index (χ2v) is 5.73. The number of nitrogens with zero attached hydrogens (tertiary/aromatic N) is 2. The summed E-state index contributed by atoms with van der Waals surface area (Å²) in [5.74, 6) is -0.886. The van der Waals surface area contributed by atoms with Crippen LogP contribution in [0.5, 0.6) is 0 Å². The van der Waals surface area contributed by atoms with Gasteiger partial charge >= 0.3 is 5.97 Å². The highest BCUT2D eigenvalue weighted by atomic mass is 16.4. The van der Waals surface area contributed by atoms with Gasteiger partial charge in [-0.25, -0.2) is 0 Å². The molecule has 0 aromatic rings. The molecule has 16 heavy (non-hydrogen) atoms. The Kier molecular flexibility index (Phi) is 4.33. The molecule has 1 aliphatic rings. The molecule has 0 saturated carbocycles. The fraction of sp³-hybridized carbons (Fsp3) is 0.917. The van der Waals surface area contributed by atoms with Crippen LogP contribution in [0, 0.1) is 11.3 Å². The Morgan fingerprint density at radius 3 is 2.62 bits per heavy atom. The summed E-state index contributed by atoms with van der Waals surface area (Å²) >= 11 is 0. The summed E-state index contributed by atoms with van der Waals surface area (Å²) < 4.78 is 0. The van der Waals surface area contributed by atoms with Crippen molar-refractivity contribution in [2.24, 2.45) is 11.3 Å². The van der Waals surface area contributed by atoms with Crippen LogP contribution >= 0.6 is 0 Å². The first-order valence-corrected chi connectivity index (χ1v) is 5.93. The Labute approximate surface area is 98.2 Å². The highest BCUT2D eigenvalue weighted by Crippen LogP contribution is 2.35. The lowest BCUT2D eigenvalue weighted by Gasteiger charge is -2.42. The van der Waals surface area contributed by atoms with Gasteiger partial charge in [-0.05, 0) is 32.5 Å². The van der Waals surface area contributed by atoms with Gasteiger partial charge in [0.1, 0.15) is 0 Å². The zero-order valence-electron chi connectivity index (χ0n) is 10.9. The van der Waals surface area contributed by atoms with Crippen molar-refractivity contribution >= 4 is 5.97 Å². The van der Waals surface area contributed by atoms with Crippen LogP contribution in [0.3, 0.4) is 0 Å². The highest BCUT2D eigenvalue weighted by molar-refractivity contribution is 5.71. The summed E-state index contributed by atoms with van der Waals surface area (Å²) in [6.07, 6.45) is 0.970. The Balaban J connectivity index is 2.53. The fourth-order valence-corrected chi connectivity index (χ4v) is 2.17. The van der Waals surface area contributed by atoms with Gasteiger partial charge in [-0.2, -0.15) is 0 Å². The third kappa shape index (κ3) is 3.46. The standard InChI is InChI=1S/C12H24N2O2/c1-12(2)5-6-14(8-7-13(3)4)9-10(12)11(15)16/h10H,5-9H2,1-4H3,(H,15,16). The fourth-order valence-electron chi connectivity index (χ4n) is 2.17. The van der Waals surface area contributed by atoms with E-state index in [-0.39, 0.29) is 11.3 Å². The van der Waals surface area contributed by atoms with Crippen molar-refractivity contribution in [3.63, 3.8) is 0 Å². The average molecular weight is 228 g/mol. The maximum absolute atomic E-state index is 11.2. The van der Waals surface area contributed by atoms with Gasteiger partial charge in [-0.15, -0.1) is 0 Å². The molecule has 94 valence electrons. The normalized spacial score (nSPS) is 25.9. The molecule has 1 rings (SSSR count). The largest absolute Gasteiger partial charge is 0.481 e. The van der Waals surface area contributed by atoms with Crippen molar-refractivity contribution < 1.29 is 9.90 Å². The van der Waals surface area contributed by atoms with Crippen molar-refractivity contribution in [1.82, 2.24) is 9.80 Å². The molecule has 0 amide bonds. The van der Waals surface area contributed by atoms with E-state index in [1.165, 1.54) is 0 Å². The Bertz CT molecular complexity index is 249. The molecule has 0 spiro atoms. The van der Waals surface area contributed by atoms with Crippen LogP contribution in [0.4, 0.5) is 0 Å². The minimum atomic E-state index is -0.653. The van der Waals surface area contributed by atoms with Gasteiger partial charge in [0, 0.05) is 19.6 Å². The zero-order valence-corrected chi connectivity index (χ0v) is 10.9. The molecule has 1 fully saturated rings. The van der Waals surface area contributed by atoms with Crippen LogP contribution in [-0.4, -0.2) is 61.2 Å². The number of rotatable bonds is 4. The van der Waals surface area contributed by atoms with Crippen LogP contribution in [-0.2, 0) is 4.79 Å². The average Bonchev–Trinajstić information content (AvgIpc) is 2.15. The first kappa shape index (κ1) is 13.5. The number of hydrogen-bond donors (Lipinski definition) is 1. The lowest BCUT2D eigenvalue weighted by molar-refractivity contribution is -0.149. The predicted octanol–water partition coefficient (Wildman–Crippen LogP) is 0.981. The number of aliphatic carboxylic acids is 1. The Hall–Kier alpha value is -0.610. The Morgan fingerprint density at radius 2 is 2.12 bits per heavy atom. The number of likely N-dealkylation sites (N-methyl/N-ethyl adjacent to an activating group) is 1. The lowest BCUT2D eigenvalue weighted by atomic mass is 9.73. The van der Waals surface area contributed by atoms with Crippen molar-refractivity contribution in [3.05, 3.63) is 0 Å². The molecule has 4 heteroatoms. The monoisotopic (exact) mass is 228 g/mol. The molecule has 0 aromatic heterocycles. The van der Waals surface area contributed by atoms with E-state index in [1.807, 2.05) is 14.1 Å². The van der Waals surface area contributed by atoms with Gasteiger partial charge in [0.05, 0.1) is 5.92 Å². The summed E-state index contributed by atoms with van der Waals surface area (Å²) in [5.41, 5.74) is -0.0690. The van der Waals surface area contributed by atoms with E-state index in [9.17, 15) is 9.90 Å². The molecule has 1 saturated heterocycles. The lowest BCUT2D eigenvalue weighted by Crippen LogP contribution is -2.49. The van der Waals surface area contributed by atoms with Gasteiger partial charge in [0.25, 0.3) is 0 Å². The van der Waals surface area contributed by atoms with E-state index < -0.39 is 5.97 Å². The van der Waals surface area contributed by atoms with Crippen molar-refractivity contribution in [3.8, 4) is 0 Å². The molecule has 1 heterocycles. The predicted molar refractivity (Wildman–Crippen MR) is 64.5 cm³/mol. The SMILES string of the molecule is CN(C)CCN1CCC(C)(C)C(C(=O)O)C1. The third-order valence-electron chi connectivity index (χ3n) is 3.62. The molecule has 0 radical (unpaired) electrons. The third-order valence-corrected chi connectivity index (χ3v) is 3.62. The Morgan fingerprint density at radius 1 is 1.50 bits per heavy atom. The zero-order chi connectivity index (χ0) is 12.3. The first-order valence-electron chi connectivity index (χ1n) is 5.93. The number of hydrogen-bond acceptors (Lipinski definition) is 3. The van der Waals surface area contributed by atoms with Crippen molar-refractivity contribution in [1.29, 1.82) is 0 Å². The molecular formula is C12H24N2O2. The minimum Gasteiger partial charge on any atom is -0.481 e. The van der Waals surface area contributed by atoms with Gasteiger partial charge in [-0.1, -0.05) is 13.8 Å². The molecule has 0 bridgehead atoms. The molecular weight excluding hydrogens is 204 g/mol. The quantitative estimate of drug-likeness (QED) is 0.779. The van der Waals surface area contributed by atoms with E-state index in [0.717, 1.165) is 26.1 Å². The number of carboxylic acid groups (broad SMARTS) is 1.